The van der Waals surface area contributed by atoms with E-state index in [0.29, 0.717) is 35.1 Å². The molecule has 234 valence electrons. The summed E-state index contributed by atoms with van der Waals surface area (Å²) in [6.45, 7) is 1.75. The molecule has 11 nitrogen and oxygen atoms in total. The minimum absolute atomic E-state index is 0.131. The third kappa shape index (κ3) is 6.86. The third-order valence-corrected chi connectivity index (χ3v) is 9.49. The van der Waals surface area contributed by atoms with E-state index in [1.165, 1.54) is 0 Å². The van der Waals surface area contributed by atoms with E-state index in [1.54, 1.807) is 59.2 Å². The Balaban J connectivity index is 1.33. The number of likely N-dealkylation sites (tertiary alicyclic amines) is 1. The molecule has 1 saturated heterocycles. The SMILES string of the molecule is CN1CCC(C(=O)NNC(=O)c2cc3ccc(C#N)nc3n2Cc2cc(NS(=O)(=O)Cc3ccccc3)cc3ccccc23)CC1. The summed E-state index contributed by atoms with van der Waals surface area (Å²) in [5.74, 6) is -1.16. The molecule has 3 aromatic carbocycles. The molecule has 0 saturated carbocycles. The summed E-state index contributed by atoms with van der Waals surface area (Å²) in [6.07, 6.45) is 1.41. The van der Waals surface area contributed by atoms with Crippen molar-refractivity contribution in [1.82, 2.24) is 25.3 Å². The summed E-state index contributed by atoms with van der Waals surface area (Å²) in [5, 5.41) is 11.8. The van der Waals surface area contributed by atoms with Crippen molar-refractivity contribution in [3.05, 3.63) is 107 Å². The Morgan fingerprint density at radius 3 is 2.43 bits per heavy atom. The van der Waals surface area contributed by atoms with Gasteiger partial charge in [-0.15, -0.1) is 0 Å². The number of amides is 2. The van der Waals surface area contributed by atoms with Gasteiger partial charge in [-0.1, -0.05) is 54.6 Å². The van der Waals surface area contributed by atoms with Crippen LogP contribution in [-0.4, -0.2) is 54.8 Å². The zero-order valence-corrected chi connectivity index (χ0v) is 26.0. The average Bonchev–Trinajstić information content (AvgIpc) is 3.41. The second kappa shape index (κ2) is 13.0. The molecule has 0 unspecified atom stereocenters. The number of pyridine rings is 1. The standard InChI is InChI=1S/C34H33N7O4S/c1-40-15-13-24(14-16-40)33(42)37-38-34(43)31-19-26-11-12-28(20-35)36-32(26)41(31)21-27-18-29(17-25-9-5-6-10-30(25)27)39-46(44,45)22-23-7-3-2-4-8-23/h2-12,17-19,24,39H,13-16,21-22H2,1H3,(H,37,42)(H,38,43). The van der Waals surface area contributed by atoms with Gasteiger partial charge in [0.05, 0.1) is 12.3 Å². The Hall–Kier alpha value is -5.25. The Morgan fingerprint density at radius 2 is 1.67 bits per heavy atom. The predicted molar refractivity (Wildman–Crippen MR) is 176 cm³/mol. The van der Waals surface area contributed by atoms with Crippen molar-refractivity contribution in [2.45, 2.75) is 25.1 Å². The normalized spacial score (nSPS) is 14.2. The van der Waals surface area contributed by atoms with Crippen molar-refractivity contribution in [3.8, 4) is 6.07 Å². The number of aromatic nitrogens is 2. The van der Waals surface area contributed by atoms with Crippen LogP contribution in [0.25, 0.3) is 21.8 Å². The summed E-state index contributed by atoms with van der Waals surface area (Å²) in [5.41, 5.74) is 7.73. The number of nitrogens with one attached hydrogen (secondary N) is 3. The van der Waals surface area contributed by atoms with E-state index in [0.717, 1.165) is 29.4 Å². The molecule has 0 atom stereocenters. The molecule has 1 fully saturated rings. The molecule has 5 aromatic rings. The van der Waals surface area contributed by atoms with Crippen molar-refractivity contribution < 1.29 is 18.0 Å². The van der Waals surface area contributed by atoms with E-state index in [1.807, 2.05) is 37.4 Å². The van der Waals surface area contributed by atoms with Gasteiger partial charge in [0.15, 0.2) is 0 Å². The number of benzene rings is 3. The van der Waals surface area contributed by atoms with Crippen LogP contribution in [0.15, 0.2) is 84.9 Å². The van der Waals surface area contributed by atoms with Gasteiger partial charge in [-0.05, 0) is 85.2 Å². The molecule has 2 aromatic heterocycles. The number of hydrogen-bond donors (Lipinski definition) is 3. The molecular weight excluding hydrogens is 602 g/mol. The van der Waals surface area contributed by atoms with Crippen LogP contribution in [0.4, 0.5) is 5.69 Å². The molecule has 0 radical (unpaired) electrons. The van der Waals surface area contributed by atoms with Gasteiger partial charge in [-0.25, -0.2) is 13.4 Å². The molecule has 0 bridgehead atoms. The molecule has 0 spiro atoms. The van der Waals surface area contributed by atoms with E-state index >= 15 is 0 Å². The molecule has 2 amide bonds. The van der Waals surface area contributed by atoms with Gasteiger partial charge in [0.25, 0.3) is 5.91 Å². The monoisotopic (exact) mass is 635 g/mol. The summed E-state index contributed by atoms with van der Waals surface area (Å²) >= 11 is 0. The van der Waals surface area contributed by atoms with Crippen LogP contribution in [0.1, 0.15) is 40.2 Å². The number of hydrogen-bond acceptors (Lipinski definition) is 7. The van der Waals surface area contributed by atoms with Gasteiger partial charge in [0, 0.05) is 17.0 Å². The summed E-state index contributed by atoms with van der Waals surface area (Å²) in [7, 11) is -1.73. The number of anilines is 1. The van der Waals surface area contributed by atoms with Crippen molar-refractivity contribution in [2.75, 3.05) is 24.9 Å². The highest BCUT2D eigenvalue weighted by atomic mass is 32.2. The highest BCUT2D eigenvalue weighted by molar-refractivity contribution is 7.91. The first-order valence-electron chi connectivity index (χ1n) is 14.9. The number of carbonyl (C=O) groups is 2. The number of hydrazine groups is 1. The molecule has 46 heavy (non-hydrogen) atoms. The first kappa shape index (κ1) is 30.8. The van der Waals surface area contributed by atoms with Gasteiger partial charge in [0.2, 0.25) is 15.9 Å². The van der Waals surface area contributed by atoms with Crippen LogP contribution in [0.5, 0.6) is 0 Å². The number of nitriles is 1. The molecule has 3 heterocycles. The highest BCUT2D eigenvalue weighted by Crippen LogP contribution is 2.28. The van der Waals surface area contributed by atoms with Gasteiger partial charge < -0.3 is 9.47 Å². The molecule has 3 N–H and O–H groups in total. The number of sulfonamides is 1. The maximum atomic E-state index is 13.6. The highest BCUT2D eigenvalue weighted by Gasteiger charge is 2.25. The lowest BCUT2D eigenvalue weighted by molar-refractivity contribution is -0.127. The Bertz CT molecular complexity index is 2080. The number of carbonyl (C=O) groups excluding carboxylic acids is 2. The summed E-state index contributed by atoms with van der Waals surface area (Å²) in [4.78, 5) is 33.1. The quantitative estimate of drug-likeness (QED) is 0.217. The predicted octanol–water partition coefficient (Wildman–Crippen LogP) is 4.15. The fourth-order valence-corrected chi connectivity index (χ4v) is 7.03. The second-order valence-electron chi connectivity index (χ2n) is 11.6. The van der Waals surface area contributed by atoms with Crippen LogP contribution in [0.2, 0.25) is 0 Å². The zero-order chi connectivity index (χ0) is 32.3. The fourth-order valence-electron chi connectivity index (χ4n) is 5.85. The smallest absolute Gasteiger partial charge is 0.286 e. The van der Waals surface area contributed by atoms with Crippen molar-refractivity contribution in [1.29, 1.82) is 5.26 Å². The van der Waals surface area contributed by atoms with Crippen LogP contribution >= 0.6 is 0 Å². The minimum Gasteiger partial charge on any atom is -0.317 e. The van der Waals surface area contributed by atoms with Crippen molar-refractivity contribution >= 4 is 49.3 Å². The van der Waals surface area contributed by atoms with Gasteiger partial charge in [-0.2, -0.15) is 5.26 Å². The average molecular weight is 636 g/mol. The Morgan fingerprint density at radius 1 is 0.935 bits per heavy atom. The van der Waals surface area contributed by atoms with Crippen LogP contribution in [0, 0.1) is 17.2 Å². The number of piperidine rings is 1. The summed E-state index contributed by atoms with van der Waals surface area (Å²) < 4.78 is 30.7. The molecular formula is C34H33N7O4S. The minimum atomic E-state index is -3.74. The first-order valence-corrected chi connectivity index (χ1v) is 16.6. The number of nitrogens with zero attached hydrogens (tertiary/aromatic N) is 4. The van der Waals surface area contributed by atoms with E-state index in [9.17, 15) is 23.3 Å². The van der Waals surface area contributed by atoms with Crippen LogP contribution in [-0.2, 0) is 27.1 Å². The third-order valence-electron chi connectivity index (χ3n) is 8.23. The van der Waals surface area contributed by atoms with E-state index in [2.05, 4.69) is 31.5 Å². The van der Waals surface area contributed by atoms with Gasteiger partial charge in [-0.3, -0.25) is 25.2 Å². The molecule has 6 rings (SSSR count). The Labute approximate surface area is 266 Å². The Kier molecular flexibility index (Phi) is 8.70. The molecule has 12 heteroatoms. The van der Waals surface area contributed by atoms with Gasteiger partial charge >= 0.3 is 0 Å². The first-order chi connectivity index (χ1) is 22.2. The van der Waals surface area contributed by atoms with E-state index in [-0.39, 0.29) is 35.5 Å². The molecule has 1 aliphatic heterocycles. The van der Waals surface area contributed by atoms with Crippen LogP contribution in [0.3, 0.4) is 0 Å². The molecule has 1 aliphatic rings. The zero-order valence-electron chi connectivity index (χ0n) is 25.2. The lowest BCUT2D eigenvalue weighted by atomic mass is 9.97. The lowest BCUT2D eigenvalue weighted by Gasteiger charge is -2.28. The second-order valence-corrected chi connectivity index (χ2v) is 13.3. The van der Waals surface area contributed by atoms with Gasteiger partial charge in [0.1, 0.15) is 23.1 Å². The number of fused-ring (bicyclic) bond motifs is 2. The van der Waals surface area contributed by atoms with Crippen molar-refractivity contribution in [3.63, 3.8) is 0 Å². The van der Waals surface area contributed by atoms with Crippen molar-refractivity contribution in [2.24, 2.45) is 5.92 Å². The van der Waals surface area contributed by atoms with E-state index in [4.69, 9.17) is 0 Å². The summed E-state index contributed by atoms with van der Waals surface area (Å²) in [6, 6.07) is 27.0. The van der Waals surface area contributed by atoms with Crippen LogP contribution < -0.4 is 15.6 Å². The topological polar surface area (TPSA) is 149 Å². The maximum Gasteiger partial charge on any atom is 0.286 e. The number of rotatable bonds is 8. The maximum absolute atomic E-state index is 13.6. The fraction of sp³-hybridized carbons (Fsp3) is 0.235. The largest absolute Gasteiger partial charge is 0.317 e. The van der Waals surface area contributed by atoms with E-state index < -0.39 is 15.9 Å². The molecule has 0 aliphatic carbocycles. The lowest BCUT2D eigenvalue weighted by Crippen LogP contribution is -2.47.